The highest BCUT2D eigenvalue weighted by Crippen LogP contribution is 2.41. The van der Waals surface area contributed by atoms with E-state index in [1.807, 2.05) is 30.3 Å². The lowest BCUT2D eigenvalue weighted by atomic mass is 9.94. The smallest absolute Gasteiger partial charge is 0.295 e. The van der Waals surface area contributed by atoms with Crippen LogP contribution in [0.15, 0.2) is 72.6 Å². The monoisotopic (exact) mass is 456 g/mol. The maximum atomic E-state index is 13.3. The van der Waals surface area contributed by atoms with E-state index in [0.717, 1.165) is 29.7 Å². The molecule has 7 nitrogen and oxygen atoms in total. The molecule has 3 aromatic rings. The molecule has 1 fully saturated rings. The first-order valence-corrected chi connectivity index (χ1v) is 11.1. The SMILES string of the molecule is COc1ccccc1CN1C(=O)C(=O)/C(=C(\O)c2ccc3c(c2)CCCO3)C1c1ccncc1. The number of aliphatic hydroxyl groups excluding tert-OH is 1. The summed E-state index contributed by atoms with van der Waals surface area (Å²) in [7, 11) is 1.56. The van der Waals surface area contributed by atoms with Crippen LogP contribution in [0.4, 0.5) is 0 Å². The Morgan fingerprint density at radius 2 is 1.94 bits per heavy atom. The largest absolute Gasteiger partial charge is 0.507 e. The van der Waals surface area contributed by atoms with Crippen LogP contribution in [0.25, 0.3) is 5.76 Å². The number of aromatic nitrogens is 1. The molecule has 5 rings (SSSR count). The average molecular weight is 456 g/mol. The van der Waals surface area contributed by atoms with E-state index in [-0.39, 0.29) is 17.9 Å². The lowest BCUT2D eigenvalue weighted by Gasteiger charge is -2.26. The van der Waals surface area contributed by atoms with Gasteiger partial charge in [-0.3, -0.25) is 14.6 Å². The minimum Gasteiger partial charge on any atom is -0.507 e. The van der Waals surface area contributed by atoms with Gasteiger partial charge in [-0.05, 0) is 60.4 Å². The highest BCUT2D eigenvalue weighted by Gasteiger charge is 2.46. The summed E-state index contributed by atoms with van der Waals surface area (Å²) >= 11 is 0. The molecule has 1 unspecified atom stereocenters. The lowest BCUT2D eigenvalue weighted by molar-refractivity contribution is -0.140. The van der Waals surface area contributed by atoms with Gasteiger partial charge in [0.05, 0.1) is 31.9 Å². The summed E-state index contributed by atoms with van der Waals surface area (Å²) in [6, 6.07) is 15.4. The van der Waals surface area contributed by atoms with Crippen molar-refractivity contribution in [2.45, 2.75) is 25.4 Å². The molecule has 2 aliphatic rings. The van der Waals surface area contributed by atoms with Crippen LogP contribution in [0, 0.1) is 0 Å². The number of hydrogen-bond donors (Lipinski definition) is 1. The summed E-state index contributed by atoms with van der Waals surface area (Å²) in [5.41, 5.74) is 2.96. The van der Waals surface area contributed by atoms with E-state index in [4.69, 9.17) is 9.47 Å². The van der Waals surface area contributed by atoms with E-state index < -0.39 is 17.7 Å². The van der Waals surface area contributed by atoms with Crippen molar-refractivity contribution in [3.63, 3.8) is 0 Å². The topological polar surface area (TPSA) is 89.0 Å². The number of benzene rings is 2. The number of fused-ring (bicyclic) bond motifs is 1. The van der Waals surface area contributed by atoms with Crippen LogP contribution in [0.3, 0.4) is 0 Å². The van der Waals surface area contributed by atoms with E-state index >= 15 is 0 Å². The number of carbonyl (C=O) groups is 2. The zero-order valence-electron chi connectivity index (χ0n) is 18.7. The van der Waals surface area contributed by atoms with Gasteiger partial charge < -0.3 is 19.5 Å². The first kappa shape index (κ1) is 21.7. The fourth-order valence-corrected chi connectivity index (χ4v) is 4.62. The number of ether oxygens (including phenoxy) is 2. The number of Topliss-reactive ketones (excluding diaryl/α,β-unsaturated/α-hetero) is 1. The van der Waals surface area contributed by atoms with Crippen LogP contribution in [-0.2, 0) is 22.6 Å². The van der Waals surface area contributed by atoms with Crippen LogP contribution in [0.5, 0.6) is 11.5 Å². The van der Waals surface area contributed by atoms with Crippen molar-refractivity contribution >= 4 is 17.4 Å². The second-order valence-electron chi connectivity index (χ2n) is 8.29. The van der Waals surface area contributed by atoms with Gasteiger partial charge in [-0.15, -0.1) is 0 Å². The van der Waals surface area contributed by atoms with E-state index in [0.29, 0.717) is 23.5 Å². The maximum absolute atomic E-state index is 13.3. The molecule has 0 spiro atoms. The molecule has 1 saturated heterocycles. The fourth-order valence-electron chi connectivity index (χ4n) is 4.62. The number of amides is 1. The Morgan fingerprint density at radius 1 is 1.15 bits per heavy atom. The van der Waals surface area contributed by atoms with Gasteiger partial charge in [0.15, 0.2) is 0 Å². The van der Waals surface area contributed by atoms with Crippen molar-refractivity contribution in [1.82, 2.24) is 9.88 Å². The first-order chi connectivity index (χ1) is 16.6. The Labute approximate surface area is 197 Å². The zero-order valence-corrected chi connectivity index (χ0v) is 18.7. The third-order valence-electron chi connectivity index (χ3n) is 6.28. The summed E-state index contributed by atoms with van der Waals surface area (Å²) in [5.74, 6) is -0.188. The summed E-state index contributed by atoms with van der Waals surface area (Å²) in [6.07, 6.45) is 4.92. The molecule has 1 atom stereocenters. The number of aryl methyl sites for hydroxylation is 1. The molecule has 0 radical (unpaired) electrons. The van der Waals surface area contributed by atoms with E-state index in [1.165, 1.54) is 4.90 Å². The number of pyridine rings is 1. The minimum atomic E-state index is -0.764. The Kier molecular flexibility index (Phi) is 5.76. The molecular formula is C27H24N2O5. The van der Waals surface area contributed by atoms with Crippen LogP contribution < -0.4 is 9.47 Å². The standard InChI is InChI=1S/C27H24N2O5/c1-33-21-7-3-2-5-20(21)16-29-24(17-10-12-28-13-11-17)23(26(31)27(29)32)25(30)19-8-9-22-18(15-19)6-4-14-34-22/h2-3,5,7-13,15,24,30H,4,6,14,16H2,1H3/b25-23-. The van der Waals surface area contributed by atoms with Gasteiger partial charge in [0.25, 0.3) is 11.7 Å². The van der Waals surface area contributed by atoms with Gasteiger partial charge in [-0.1, -0.05) is 18.2 Å². The molecule has 2 aromatic carbocycles. The first-order valence-electron chi connectivity index (χ1n) is 11.1. The van der Waals surface area contributed by atoms with Gasteiger partial charge in [-0.25, -0.2) is 0 Å². The van der Waals surface area contributed by atoms with Gasteiger partial charge in [0, 0.05) is 23.5 Å². The number of methoxy groups -OCH3 is 1. The third-order valence-corrected chi connectivity index (χ3v) is 6.28. The molecule has 0 bridgehead atoms. The lowest BCUT2D eigenvalue weighted by Crippen LogP contribution is -2.29. The number of para-hydroxylation sites is 1. The van der Waals surface area contributed by atoms with Crippen molar-refractivity contribution in [2.75, 3.05) is 13.7 Å². The number of carbonyl (C=O) groups excluding carboxylic acids is 2. The predicted octanol–water partition coefficient (Wildman–Crippen LogP) is 4.04. The Balaban J connectivity index is 1.62. The predicted molar refractivity (Wildman–Crippen MR) is 125 cm³/mol. The quantitative estimate of drug-likeness (QED) is 0.354. The summed E-state index contributed by atoms with van der Waals surface area (Å²) in [6.45, 7) is 0.810. The Bertz CT molecular complexity index is 1290. The van der Waals surface area contributed by atoms with Crippen LogP contribution in [0.2, 0.25) is 0 Å². The van der Waals surface area contributed by atoms with Gasteiger partial charge in [0.2, 0.25) is 0 Å². The van der Waals surface area contributed by atoms with E-state index in [2.05, 4.69) is 4.98 Å². The highest BCUT2D eigenvalue weighted by atomic mass is 16.5. The molecule has 0 saturated carbocycles. The van der Waals surface area contributed by atoms with Gasteiger partial charge in [-0.2, -0.15) is 0 Å². The third kappa shape index (κ3) is 3.79. The van der Waals surface area contributed by atoms with Gasteiger partial charge >= 0.3 is 0 Å². The second-order valence-corrected chi connectivity index (χ2v) is 8.29. The molecule has 1 aromatic heterocycles. The molecule has 1 amide bonds. The van der Waals surface area contributed by atoms with Crippen molar-refractivity contribution < 1.29 is 24.2 Å². The number of rotatable bonds is 5. The zero-order chi connectivity index (χ0) is 23.7. The average Bonchev–Trinajstić information content (AvgIpc) is 3.13. The number of likely N-dealkylation sites (tertiary alicyclic amines) is 1. The fraction of sp³-hybridized carbons (Fsp3) is 0.222. The number of nitrogens with zero attached hydrogens (tertiary/aromatic N) is 2. The van der Waals surface area contributed by atoms with E-state index in [1.54, 1.807) is 43.8 Å². The minimum absolute atomic E-state index is 0.0581. The molecule has 0 aliphatic carbocycles. The molecular weight excluding hydrogens is 432 g/mol. The van der Waals surface area contributed by atoms with Crippen molar-refractivity contribution in [3.8, 4) is 11.5 Å². The highest BCUT2D eigenvalue weighted by molar-refractivity contribution is 6.46. The van der Waals surface area contributed by atoms with E-state index in [9.17, 15) is 14.7 Å². The Morgan fingerprint density at radius 3 is 2.74 bits per heavy atom. The Hall–Kier alpha value is -4.13. The van der Waals surface area contributed by atoms with Crippen molar-refractivity contribution in [1.29, 1.82) is 0 Å². The van der Waals surface area contributed by atoms with Crippen molar-refractivity contribution in [3.05, 3.63) is 94.8 Å². The van der Waals surface area contributed by atoms with Crippen LogP contribution in [-0.4, -0.2) is 40.4 Å². The molecule has 7 heteroatoms. The molecule has 172 valence electrons. The summed E-state index contributed by atoms with van der Waals surface area (Å²) in [4.78, 5) is 32.0. The molecule has 2 aliphatic heterocycles. The number of hydrogen-bond acceptors (Lipinski definition) is 6. The maximum Gasteiger partial charge on any atom is 0.295 e. The summed E-state index contributed by atoms with van der Waals surface area (Å²) < 4.78 is 11.1. The summed E-state index contributed by atoms with van der Waals surface area (Å²) in [5, 5.41) is 11.3. The molecule has 1 N–H and O–H groups in total. The number of ketones is 1. The van der Waals surface area contributed by atoms with Crippen LogP contribution >= 0.6 is 0 Å². The molecule has 3 heterocycles. The van der Waals surface area contributed by atoms with Gasteiger partial charge in [0.1, 0.15) is 17.3 Å². The molecule has 34 heavy (non-hydrogen) atoms. The second kappa shape index (κ2) is 9.02. The van der Waals surface area contributed by atoms with Crippen LogP contribution in [0.1, 0.15) is 34.7 Å². The number of aliphatic hydroxyl groups is 1. The normalized spacial score (nSPS) is 19.0. The van der Waals surface area contributed by atoms with Crippen molar-refractivity contribution in [2.24, 2.45) is 0 Å².